The molecule has 0 nitrogen and oxygen atoms in total. The first-order valence-electron chi connectivity index (χ1n) is 7.78. The van der Waals surface area contributed by atoms with Crippen molar-refractivity contribution < 1.29 is 0 Å². The van der Waals surface area contributed by atoms with E-state index < -0.39 is 8.07 Å². The van der Waals surface area contributed by atoms with Gasteiger partial charge in [-0.1, -0.05) is 97.1 Å². The molecule has 22 heavy (non-hydrogen) atoms. The van der Waals surface area contributed by atoms with Crippen LogP contribution in [0.1, 0.15) is 5.56 Å². The van der Waals surface area contributed by atoms with Crippen molar-refractivity contribution in [3.63, 3.8) is 0 Å². The molecule has 1 aliphatic rings. The van der Waals surface area contributed by atoms with E-state index in [0.717, 1.165) is 0 Å². The molecule has 1 aliphatic heterocycles. The summed E-state index contributed by atoms with van der Waals surface area (Å²) >= 11 is 0. The van der Waals surface area contributed by atoms with Gasteiger partial charge >= 0.3 is 0 Å². The van der Waals surface area contributed by atoms with Crippen LogP contribution in [0.3, 0.4) is 0 Å². The van der Waals surface area contributed by atoms with Gasteiger partial charge in [0.05, 0.1) is 0 Å². The van der Waals surface area contributed by atoms with E-state index >= 15 is 0 Å². The van der Waals surface area contributed by atoms with Gasteiger partial charge < -0.3 is 0 Å². The summed E-state index contributed by atoms with van der Waals surface area (Å²) in [6, 6.07) is 34.3. The van der Waals surface area contributed by atoms with Gasteiger partial charge in [-0.05, 0) is 27.2 Å². The minimum atomic E-state index is -1.80. The number of rotatable bonds is 3. The van der Waals surface area contributed by atoms with Gasteiger partial charge in [0.2, 0.25) is 0 Å². The third-order valence-corrected chi connectivity index (χ3v) is 9.56. The summed E-state index contributed by atoms with van der Waals surface area (Å²) in [5.41, 5.74) is 1.38. The van der Waals surface area contributed by atoms with Gasteiger partial charge in [0.15, 0.2) is 8.07 Å². The van der Waals surface area contributed by atoms with Crippen LogP contribution in [0.25, 0.3) is 5.20 Å². The van der Waals surface area contributed by atoms with Crippen molar-refractivity contribution in [2.45, 2.75) is 6.04 Å². The molecule has 1 heteroatoms. The summed E-state index contributed by atoms with van der Waals surface area (Å²) in [7, 11) is -1.80. The zero-order valence-corrected chi connectivity index (χ0v) is 13.4. The summed E-state index contributed by atoms with van der Waals surface area (Å²) in [6.45, 7) is 0. The van der Waals surface area contributed by atoms with E-state index in [4.69, 9.17) is 0 Å². The molecule has 4 rings (SSSR count). The van der Waals surface area contributed by atoms with Crippen LogP contribution < -0.4 is 10.4 Å². The van der Waals surface area contributed by atoms with E-state index in [1.54, 1.807) is 5.20 Å². The van der Waals surface area contributed by atoms with Crippen LogP contribution in [-0.4, -0.2) is 8.07 Å². The van der Waals surface area contributed by atoms with Crippen molar-refractivity contribution in [2.75, 3.05) is 0 Å². The molecular formula is C21H18Si. The van der Waals surface area contributed by atoms with E-state index in [0.29, 0.717) is 0 Å². The minimum Gasteiger partial charge on any atom is -0.0856 e. The Balaban J connectivity index is 1.91. The lowest BCUT2D eigenvalue weighted by molar-refractivity contribution is 1.48. The van der Waals surface area contributed by atoms with E-state index in [1.165, 1.54) is 22.0 Å². The van der Waals surface area contributed by atoms with Crippen molar-refractivity contribution in [2.24, 2.45) is 0 Å². The second-order valence-corrected chi connectivity index (χ2v) is 9.74. The third kappa shape index (κ3) is 1.98. The van der Waals surface area contributed by atoms with Gasteiger partial charge in [0.1, 0.15) is 0 Å². The second-order valence-electron chi connectivity index (χ2n) is 5.83. The lowest BCUT2D eigenvalue weighted by Crippen LogP contribution is -2.62. The highest BCUT2D eigenvalue weighted by Gasteiger charge is 2.45. The fourth-order valence-electron chi connectivity index (χ4n) is 3.55. The van der Waals surface area contributed by atoms with Crippen LogP contribution >= 0.6 is 0 Å². The summed E-state index contributed by atoms with van der Waals surface area (Å²) in [5.74, 6) is 0. The monoisotopic (exact) mass is 298 g/mol. The molecule has 3 aromatic rings. The molecule has 0 radical (unpaired) electrons. The Morgan fingerprint density at radius 1 is 0.545 bits per heavy atom. The smallest absolute Gasteiger partial charge is 0.0856 e. The van der Waals surface area contributed by atoms with E-state index in [9.17, 15) is 0 Å². The van der Waals surface area contributed by atoms with Gasteiger partial charge in [-0.3, -0.25) is 0 Å². The number of hydrogen-bond acceptors (Lipinski definition) is 0. The Morgan fingerprint density at radius 3 is 1.41 bits per heavy atom. The quantitative estimate of drug-likeness (QED) is 0.644. The molecule has 1 heterocycles. The molecule has 0 fully saturated rings. The van der Waals surface area contributed by atoms with Crippen LogP contribution in [0.15, 0.2) is 97.1 Å². The summed E-state index contributed by atoms with van der Waals surface area (Å²) in [6.07, 6.45) is 2.43. The fraction of sp³-hybridized carbons (Fsp3) is 0.0476. The maximum absolute atomic E-state index is 2.43. The van der Waals surface area contributed by atoms with Crippen LogP contribution in [0.5, 0.6) is 0 Å². The zero-order chi connectivity index (χ0) is 14.8. The van der Waals surface area contributed by atoms with Gasteiger partial charge in [0.25, 0.3) is 0 Å². The first-order chi connectivity index (χ1) is 10.9. The van der Waals surface area contributed by atoms with Crippen LogP contribution in [0.2, 0.25) is 6.04 Å². The standard InChI is InChI=1S/C21H18Si/c1-4-10-18(11-5-1)21-16-17-22(21,19-12-6-2-7-13-19)20-14-8-3-9-15-20/h1-16H,17H2. The molecule has 0 spiro atoms. The van der Waals surface area contributed by atoms with Crippen molar-refractivity contribution >= 4 is 23.6 Å². The van der Waals surface area contributed by atoms with Gasteiger partial charge in [-0.2, -0.15) is 0 Å². The van der Waals surface area contributed by atoms with E-state index in [2.05, 4.69) is 97.1 Å². The summed E-state index contributed by atoms with van der Waals surface area (Å²) in [5, 5.41) is 4.59. The Kier molecular flexibility index (Phi) is 3.28. The summed E-state index contributed by atoms with van der Waals surface area (Å²) < 4.78 is 0. The Hall–Kier alpha value is -2.38. The van der Waals surface area contributed by atoms with E-state index in [-0.39, 0.29) is 0 Å². The molecule has 0 saturated carbocycles. The van der Waals surface area contributed by atoms with Crippen molar-refractivity contribution in [1.82, 2.24) is 0 Å². The van der Waals surface area contributed by atoms with E-state index in [1.807, 2.05) is 0 Å². The van der Waals surface area contributed by atoms with Gasteiger partial charge in [-0.15, -0.1) is 0 Å². The second kappa shape index (κ2) is 5.43. The lowest BCUT2D eigenvalue weighted by atomic mass is 10.2. The Labute approximate surface area is 132 Å². The molecule has 106 valence electrons. The predicted molar refractivity (Wildman–Crippen MR) is 97.1 cm³/mol. The summed E-state index contributed by atoms with van der Waals surface area (Å²) in [4.78, 5) is 0. The van der Waals surface area contributed by atoms with Gasteiger partial charge in [-0.25, -0.2) is 0 Å². The zero-order valence-electron chi connectivity index (χ0n) is 12.4. The fourth-order valence-corrected chi connectivity index (χ4v) is 7.97. The SMILES string of the molecule is C1=C(c2ccccc2)[Si](c2ccccc2)(c2ccccc2)C1. The Bertz CT molecular complexity index is 750. The van der Waals surface area contributed by atoms with Crippen LogP contribution in [-0.2, 0) is 0 Å². The Morgan fingerprint density at radius 2 is 1.00 bits per heavy atom. The molecule has 0 aliphatic carbocycles. The maximum Gasteiger partial charge on any atom is 0.152 e. The topological polar surface area (TPSA) is 0 Å². The maximum atomic E-state index is 2.43. The van der Waals surface area contributed by atoms with Gasteiger partial charge in [0, 0.05) is 0 Å². The molecule has 0 N–H and O–H groups in total. The largest absolute Gasteiger partial charge is 0.152 e. The average Bonchev–Trinajstić information content (AvgIpc) is 2.57. The van der Waals surface area contributed by atoms with Crippen molar-refractivity contribution in [3.05, 3.63) is 103 Å². The molecule has 0 amide bonds. The third-order valence-electron chi connectivity index (χ3n) is 4.69. The minimum absolute atomic E-state index is 1.20. The number of benzene rings is 3. The molecule has 0 aromatic heterocycles. The lowest BCUT2D eigenvalue weighted by Gasteiger charge is -2.41. The highest BCUT2D eigenvalue weighted by molar-refractivity contribution is 7.17. The van der Waals surface area contributed by atoms with Crippen LogP contribution in [0.4, 0.5) is 0 Å². The number of allylic oxidation sites excluding steroid dienone is 1. The highest BCUT2D eigenvalue weighted by atomic mass is 28.3. The molecular weight excluding hydrogens is 280 g/mol. The predicted octanol–water partition coefficient (Wildman–Crippen LogP) is 3.89. The molecule has 0 unspecified atom stereocenters. The van der Waals surface area contributed by atoms with Crippen LogP contribution in [0, 0.1) is 0 Å². The molecule has 3 aromatic carbocycles. The normalized spacial score (nSPS) is 15.7. The van der Waals surface area contributed by atoms with Crippen molar-refractivity contribution in [1.29, 1.82) is 0 Å². The highest BCUT2D eigenvalue weighted by Crippen LogP contribution is 2.38. The molecule has 0 atom stereocenters. The first-order valence-corrected chi connectivity index (χ1v) is 9.99. The molecule has 0 saturated heterocycles. The first kappa shape index (κ1) is 13.3. The number of hydrogen-bond donors (Lipinski definition) is 0. The molecule has 0 bridgehead atoms. The van der Waals surface area contributed by atoms with Crippen molar-refractivity contribution in [3.8, 4) is 0 Å². The average molecular weight is 298 g/mol.